The molecule has 20 heavy (non-hydrogen) atoms. The number of rotatable bonds is 2. The van der Waals surface area contributed by atoms with Gasteiger partial charge < -0.3 is 4.74 Å². The molecule has 100 valence electrons. The van der Waals surface area contributed by atoms with Crippen molar-refractivity contribution in [2.75, 3.05) is 0 Å². The van der Waals surface area contributed by atoms with Crippen LogP contribution in [0.3, 0.4) is 0 Å². The van der Waals surface area contributed by atoms with Crippen molar-refractivity contribution in [2.45, 2.75) is 20.8 Å². The second-order valence-corrected chi connectivity index (χ2v) is 4.81. The second kappa shape index (κ2) is 5.58. The third kappa shape index (κ3) is 2.86. The van der Waals surface area contributed by atoms with E-state index < -0.39 is 0 Å². The number of carbonyl (C=O) groups is 1. The molecular formula is C17H15NO2. The van der Waals surface area contributed by atoms with E-state index in [2.05, 4.69) is 6.07 Å². The van der Waals surface area contributed by atoms with Gasteiger partial charge in [0.1, 0.15) is 5.75 Å². The van der Waals surface area contributed by atoms with Gasteiger partial charge in [-0.05, 0) is 56.2 Å². The molecule has 0 amide bonds. The maximum Gasteiger partial charge on any atom is 0.343 e. The zero-order valence-corrected chi connectivity index (χ0v) is 11.7. The number of ether oxygens (including phenoxy) is 1. The Morgan fingerprint density at radius 3 is 2.30 bits per heavy atom. The number of aryl methyl sites for hydroxylation is 3. The van der Waals surface area contributed by atoms with Gasteiger partial charge in [0.2, 0.25) is 0 Å². The quantitative estimate of drug-likeness (QED) is 0.614. The van der Waals surface area contributed by atoms with Crippen molar-refractivity contribution in [1.29, 1.82) is 5.26 Å². The summed E-state index contributed by atoms with van der Waals surface area (Å²) >= 11 is 0. The lowest BCUT2D eigenvalue weighted by Gasteiger charge is -2.11. The van der Waals surface area contributed by atoms with Crippen LogP contribution in [-0.2, 0) is 0 Å². The maximum absolute atomic E-state index is 12.1. The zero-order valence-electron chi connectivity index (χ0n) is 11.7. The first-order valence-electron chi connectivity index (χ1n) is 6.31. The Balaban J connectivity index is 2.31. The van der Waals surface area contributed by atoms with Crippen LogP contribution < -0.4 is 4.74 Å². The number of hydrogen-bond donors (Lipinski definition) is 0. The molecule has 2 aromatic rings. The molecule has 0 aliphatic rings. The first kappa shape index (κ1) is 13.8. The number of carbonyl (C=O) groups excluding carboxylic acids is 1. The predicted molar refractivity (Wildman–Crippen MR) is 76.8 cm³/mol. The van der Waals surface area contributed by atoms with E-state index in [1.807, 2.05) is 32.9 Å². The van der Waals surface area contributed by atoms with E-state index in [9.17, 15) is 4.79 Å². The average Bonchev–Trinajstić information content (AvgIpc) is 2.42. The van der Waals surface area contributed by atoms with E-state index >= 15 is 0 Å². The van der Waals surface area contributed by atoms with Gasteiger partial charge in [-0.3, -0.25) is 0 Å². The second-order valence-electron chi connectivity index (χ2n) is 4.81. The number of hydrogen-bond acceptors (Lipinski definition) is 3. The third-order valence-corrected chi connectivity index (χ3v) is 3.04. The molecule has 0 saturated carbocycles. The molecule has 0 aliphatic heterocycles. The monoisotopic (exact) mass is 265 g/mol. The van der Waals surface area contributed by atoms with Gasteiger partial charge in [-0.2, -0.15) is 5.26 Å². The Morgan fingerprint density at radius 1 is 1.10 bits per heavy atom. The number of esters is 1. The van der Waals surface area contributed by atoms with Crippen LogP contribution in [0, 0.1) is 32.1 Å². The van der Waals surface area contributed by atoms with Crippen LogP contribution in [0.2, 0.25) is 0 Å². The molecule has 0 aliphatic carbocycles. The van der Waals surface area contributed by atoms with Crippen LogP contribution in [0.15, 0.2) is 36.4 Å². The van der Waals surface area contributed by atoms with Gasteiger partial charge in [-0.25, -0.2) is 4.79 Å². The summed E-state index contributed by atoms with van der Waals surface area (Å²) in [5.74, 6) is 0.139. The smallest absolute Gasteiger partial charge is 0.343 e. The van der Waals surface area contributed by atoms with Gasteiger partial charge in [0.05, 0.1) is 17.2 Å². The maximum atomic E-state index is 12.1. The van der Waals surface area contributed by atoms with Crippen molar-refractivity contribution in [1.82, 2.24) is 0 Å². The molecule has 0 unspecified atom stereocenters. The van der Waals surface area contributed by atoms with E-state index in [1.54, 1.807) is 24.3 Å². The zero-order chi connectivity index (χ0) is 14.7. The Hall–Kier alpha value is -2.60. The topological polar surface area (TPSA) is 50.1 Å². The molecule has 0 bridgehead atoms. The highest BCUT2D eigenvalue weighted by Gasteiger charge is 2.13. The minimum absolute atomic E-state index is 0.385. The molecule has 0 heterocycles. The number of nitrogens with zero attached hydrogens (tertiary/aromatic N) is 1. The predicted octanol–water partition coefficient (Wildman–Crippen LogP) is 3.70. The van der Waals surface area contributed by atoms with Crippen LogP contribution in [0.4, 0.5) is 0 Å². The fourth-order valence-corrected chi connectivity index (χ4v) is 2.10. The molecule has 0 atom stereocenters. The summed E-state index contributed by atoms with van der Waals surface area (Å²) < 4.78 is 5.47. The van der Waals surface area contributed by atoms with Crippen LogP contribution in [0.1, 0.15) is 32.6 Å². The number of benzene rings is 2. The highest BCUT2D eigenvalue weighted by Crippen LogP contribution is 2.25. The van der Waals surface area contributed by atoms with Crippen molar-refractivity contribution in [2.24, 2.45) is 0 Å². The molecule has 3 nitrogen and oxygen atoms in total. The highest BCUT2D eigenvalue weighted by molar-refractivity contribution is 5.91. The largest absolute Gasteiger partial charge is 0.422 e. The van der Waals surface area contributed by atoms with Gasteiger partial charge in [-0.1, -0.05) is 17.7 Å². The molecule has 0 radical (unpaired) electrons. The van der Waals surface area contributed by atoms with Crippen molar-refractivity contribution < 1.29 is 9.53 Å². The third-order valence-electron chi connectivity index (χ3n) is 3.04. The molecule has 0 fully saturated rings. The highest BCUT2D eigenvalue weighted by atomic mass is 16.5. The van der Waals surface area contributed by atoms with Crippen LogP contribution in [-0.4, -0.2) is 5.97 Å². The summed E-state index contributed by atoms with van der Waals surface area (Å²) in [7, 11) is 0. The molecule has 2 aromatic carbocycles. The minimum atomic E-state index is -0.385. The van der Waals surface area contributed by atoms with Crippen molar-refractivity contribution in [3.63, 3.8) is 0 Å². The summed E-state index contributed by atoms with van der Waals surface area (Å²) in [5.41, 5.74) is 3.65. The first-order valence-corrected chi connectivity index (χ1v) is 6.31. The Morgan fingerprint density at radius 2 is 1.75 bits per heavy atom. The molecule has 2 rings (SSSR count). The van der Waals surface area contributed by atoms with Crippen molar-refractivity contribution >= 4 is 5.97 Å². The Labute approximate surface area is 118 Å². The van der Waals surface area contributed by atoms with Gasteiger partial charge in [0.25, 0.3) is 0 Å². The molecule has 0 saturated heterocycles. The van der Waals surface area contributed by atoms with Gasteiger partial charge >= 0.3 is 5.97 Å². The fourth-order valence-electron chi connectivity index (χ4n) is 2.10. The molecule has 0 aromatic heterocycles. The standard InChI is InChI=1S/C17H15NO2/c1-11-5-4-6-15(7-11)17(19)20-16-12(2)8-14(10-18)9-13(16)3/h4-9H,1-3H3. The lowest BCUT2D eigenvalue weighted by molar-refractivity contribution is 0.0732. The Bertz CT molecular complexity index is 688. The van der Waals surface area contributed by atoms with Crippen LogP contribution >= 0.6 is 0 Å². The SMILES string of the molecule is Cc1cccc(C(=O)Oc2c(C)cc(C#N)cc2C)c1. The fraction of sp³-hybridized carbons (Fsp3) is 0.176. The van der Waals surface area contributed by atoms with Gasteiger partial charge in [0.15, 0.2) is 0 Å². The van der Waals surface area contributed by atoms with E-state index in [0.717, 1.165) is 16.7 Å². The minimum Gasteiger partial charge on any atom is -0.422 e. The Kier molecular flexibility index (Phi) is 3.86. The van der Waals surface area contributed by atoms with E-state index in [4.69, 9.17) is 10.00 Å². The van der Waals surface area contributed by atoms with Crippen molar-refractivity contribution in [3.05, 3.63) is 64.2 Å². The summed E-state index contributed by atoms with van der Waals surface area (Å²) in [5, 5.41) is 8.91. The van der Waals surface area contributed by atoms with E-state index in [0.29, 0.717) is 16.9 Å². The summed E-state index contributed by atoms with van der Waals surface area (Å²) in [6, 6.07) is 12.8. The normalized spacial score (nSPS) is 9.90. The van der Waals surface area contributed by atoms with Crippen LogP contribution in [0.5, 0.6) is 5.75 Å². The van der Waals surface area contributed by atoms with E-state index in [-0.39, 0.29) is 5.97 Å². The lowest BCUT2D eigenvalue weighted by Crippen LogP contribution is -2.10. The average molecular weight is 265 g/mol. The summed E-state index contributed by atoms with van der Waals surface area (Å²) in [6.45, 7) is 5.58. The molecule has 0 N–H and O–H groups in total. The number of nitriles is 1. The molecule has 3 heteroatoms. The van der Waals surface area contributed by atoms with Crippen molar-refractivity contribution in [3.8, 4) is 11.8 Å². The van der Waals surface area contributed by atoms with Gasteiger partial charge in [0, 0.05) is 0 Å². The first-order chi connectivity index (χ1) is 9.51. The lowest BCUT2D eigenvalue weighted by atomic mass is 10.1. The molecule has 0 spiro atoms. The summed E-state index contributed by atoms with van der Waals surface area (Å²) in [4.78, 5) is 12.1. The van der Waals surface area contributed by atoms with Crippen LogP contribution in [0.25, 0.3) is 0 Å². The summed E-state index contributed by atoms with van der Waals surface area (Å²) in [6.07, 6.45) is 0. The van der Waals surface area contributed by atoms with E-state index in [1.165, 1.54) is 0 Å². The molecular weight excluding hydrogens is 250 g/mol. The van der Waals surface area contributed by atoms with Gasteiger partial charge in [-0.15, -0.1) is 0 Å².